The van der Waals surface area contributed by atoms with Crippen molar-refractivity contribution in [1.82, 2.24) is 9.80 Å². The number of nitrogens with zero attached hydrogens (tertiary/aromatic N) is 2. The topological polar surface area (TPSA) is 192 Å². The van der Waals surface area contributed by atoms with Crippen LogP contribution in [0.5, 0.6) is 34.5 Å². The number of methoxy groups -OCH3 is 4. The maximum Gasteiger partial charge on any atom is 0.335 e. The summed E-state index contributed by atoms with van der Waals surface area (Å²) in [5.41, 5.74) is 1.94. The summed E-state index contributed by atoms with van der Waals surface area (Å²) >= 11 is 0. The zero-order chi connectivity index (χ0) is 41.4. The van der Waals surface area contributed by atoms with Crippen molar-refractivity contribution in [2.45, 2.75) is 74.6 Å². The number of hydrogen-bond acceptors (Lipinski definition) is 15. The highest BCUT2D eigenvalue weighted by atomic mass is 16.5. The van der Waals surface area contributed by atoms with E-state index in [1.165, 1.54) is 28.4 Å². The fourth-order valence-corrected chi connectivity index (χ4v) is 13.0. The maximum atomic E-state index is 13.7. The van der Waals surface area contributed by atoms with Gasteiger partial charge >= 0.3 is 11.9 Å². The molecule has 6 N–H and O–H groups in total. The highest BCUT2D eigenvalue weighted by Gasteiger charge is 2.69. The van der Waals surface area contributed by atoms with Gasteiger partial charge in [-0.15, -0.1) is 0 Å². The minimum Gasteiger partial charge on any atom is -0.504 e. The molecule has 0 unspecified atom stereocenters. The fourth-order valence-electron chi connectivity index (χ4n) is 13.0. The van der Waals surface area contributed by atoms with Gasteiger partial charge in [0.05, 0.1) is 61.8 Å². The molecule has 59 heavy (non-hydrogen) atoms. The molecule has 15 nitrogen and oxygen atoms in total. The summed E-state index contributed by atoms with van der Waals surface area (Å²) in [7, 11) is 5.70. The summed E-state index contributed by atoms with van der Waals surface area (Å²) in [5.74, 6) is -1.25. The monoisotopic (exact) mass is 810 g/mol. The summed E-state index contributed by atoms with van der Waals surface area (Å²) in [6.07, 6.45) is 10.6. The molecular formula is C44H50N4O11. The molecule has 2 aromatic carbocycles. The molecule has 2 aliphatic carbocycles. The third-order valence-corrected chi connectivity index (χ3v) is 15.2. The number of rotatable bonds is 9. The molecule has 2 saturated heterocycles. The van der Waals surface area contributed by atoms with Crippen molar-refractivity contribution >= 4 is 23.3 Å². The van der Waals surface area contributed by atoms with E-state index in [9.17, 15) is 30.0 Å². The molecule has 2 aromatic rings. The van der Waals surface area contributed by atoms with E-state index in [2.05, 4.69) is 45.6 Å². The molecule has 7 atom stereocenters. The second kappa shape index (κ2) is 12.8. The number of ether oxygens (including phenoxy) is 5. The van der Waals surface area contributed by atoms with Crippen molar-refractivity contribution in [1.29, 1.82) is 0 Å². The van der Waals surface area contributed by atoms with Gasteiger partial charge in [-0.25, -0.2) is 9.59 Å². The molecule has 2 spiro atoms. The number of phenols is 3. The Labute approximate surface area is 341 Å². The first-order valence-electron chi connectivity index (χ1n) is 20.3. The predicted octanol–water partition coefficient (Wildman–Crippen LogP) is 4.27. The first-order valence-corrected chi connectivity index (χ1v) is 20.3. The molecule has 6 aliphatic heterocycles. The predicted molar refractivity (Wildman–Crippen MR) is 214 cm³/mol. The van der Waals surface area contributed by atoms with Crippen molar-refractivity contribution in [3.05, 3.63) is 70.1 Å². The molecule has 0 aromatic heterocycles. The van der Waals surface area contributed by atoms with Crippen molar-refractivity contribution in [2.75, 3.05) is 65.3 Å². The van der Waals surface area contributed by atoms with Crippen LogP contribution < -0.4 is 24.8 Å². The van der Waals surface area contributed by atoms with Crippen molar-refractivity contribution in [3.8, 4) is 34.5 Å². The number of hydrogen-bond donors (Lipinski definition) is 6. The number of benzene rings is 2. The van der Waals surface area contributed by atoms with Gasteiger partial charge in [0.15, 0.2) is 29.2 Å². The quantitative estimate of drug-likeness (QED) is 0.0911. The Balaban J connectivity index is 1.11. The van der Waals surface area contributed by atoms with Crippen LogP contribution in [0.4, 0.5) is 11.4 Å². The highest BCUT2D eigenvalue weighted by Crippen LogP contribution is 2.69. The lowest BCUT2D eigenvalue weighted by molar-refractivity contribution is -0.138. The normalized spacial score (nSPS) is 32.9. The second-order valence-corrected chi connectivity index (χ2v) is 17.2. The van der Waals surface area contributed by atoms with Crippen LogP contribution in [-0.2, 0) is 29.9 Å². The summed E-state index contributed by atoms with van der Waals surface area (Å²) in [6, 6.07) is 3.06. The van der Waals surface area contributed by atoms with Crippen LogP contribution in [0, 0.1) is 10.8 Å². The van der Waals surface area contributed by atoms with Gasteiger partial charge in [0.2, 0.25) is 11.5 Å². The lowest BCUT2D eigenvalue weighted by atomic mass is 9.55. The van der Waals surface area contributed by atoms with Crippen LogP contribution in [0.25, 0.3) is 0 Å². The lowest BCUT2D eigenvalue weighted by Crippen LogP contribution is -2.61. The van der Waals surface area contributed by atoms with Crippen LogP contribution in [0.2, 0.25) is 0 Å². The molecule has 0 bridgehead atoms. The number of aromatic hydroxyl groups is 3. The van der Waals surface area contributed by atoms with Crippen molar-refractivity contribution < 1.29 is 53.7 Å². The van der Waals surface area contributed by atoms with E-state index in [-0.39, 0.29) is 41.7 Å². The number of nitrogens with one attached hydrogen (secondary N) is 2. The molecule has 10 rings (SSSR count). The summed E-state index contributed by atoms with van der Waals surface area (Å²) in [4.78, 5) is 31.9. The fraction of sp³-hybridized carbons (Fsp3) is 0.500. The molecule has 0 amide bonds. The van der Waals surface area contributed by atoms with Gasteiger partial charge in [-0.2, -0.15) is 0 Å². The number of esters is 2. The third kappa shape index (κ3) is 4.52. The number of aliphatic hydroxyl groups is 1. The second-order valence-electron chi connectivity index (χ2n) is 17.2. The van der Waals surface area contributed by atoms with E-state index in [4.69, 9.17) is 23.7 Å². The number of anilines is 2. The van der Waals surface area contributed by atoms with Gasteiger partial charge < -0.3 is 54.7 Å². The third-order valence-electron chi connectivity index (χ3n) is 15.2. The Bertz CT molecular complexity index is 2360. The largest absolute Gasteiger partial charge is 0.504 e. The van der Waals surface area contributed by atoms with Crippen LogP contribution in [0.3, 0.4) is 0 Å². The molecule has 8 aliphatic rings. The number of fused-ring (bicyclic) bond motifs is 2. The van der Waals surface area contributed by atoms with Gasteiger partial charge in [-0.3, -0.25) is 9.80 Å². The van der Waals surface area contributed by atoms with Crippen molar-refractivity contribution in [2.24, 2.45) is 10.8 Å². The van der Waals surface area contributed by atoms with Gasteiger partial charge in [0, 0.05) is 60.5 Å². The average Bonchev–Trinajstić information content (AvgIpc) is 4.02. The molecule has 6 heterocycles. The molecule has 15 heteroatoms. The SMILES string of the molecule is CC[C@]12C=C[C@@H](Oc3cc4c(c(O)c3O)NC3=C(C(=O)OC)C[C@@]5(CCO)C=CCN6CC[C@@]34[C@@H]65)N3CC[C@]4(C(=C(C(=O)OC)C1)Nc1c4cc(O)c(OC)c1OC)[C@@H]32. The standard InChI is InChI=1S/C44H50N4O11/c1-6-41-10-8-28(48-16-12-44(40(41)48)24-18-26(50)33(55-2)34(56-3)30(24)46-36(44)22(20-41)37(53)57-4)59-27-19-25-29(32(52)31(27)51)45-35-23(38(54)58-5)21-42(13-17-49)9-7-14-47-15-11-43(25,35)39(42)47/h7-10,18-19,28,39-40,45-46,49-52H,6,11-17,20-21H2,1-5H3/t28-,39+,40+,41+,42+,43+,44+/m1/s1. The van der Waals surface area contributed by atoms with Gasteiger partial charge in [-0.1, -0.05) is 25.2 Å². The minimum absolute atomic E-state index is 0.0757. The lowest BCUT2D eigenvalue weighted by Gasteiger charge is -2.55. The first-order chi connectivity index (χ1) is 28.4. The summed E-state index contributed by atoms with van der Waals surface area (Å²) < 4.78 is 29.0. The van der Waals surface area contributed by atoms with Gasteiger partial charge in [0.1, 0.15) is 0 Å². The molecular weight excluding hydrogens is 761 g/mol. The average molecular weight is 811 g/mol. The molecule has 312 valence electrons. The zero-order valence-electron chi connectivity index (χ0n) is 33.8. The van der Waals surface area contributed by atoms with Gasteiger partial charge in [0.25, 0.3) is 0 Å². The Morgan fingerprint density at radius 3 is 2.12 bits per heavy atom. The maximum absolute atomic E-state index is 13.7. The van der Waals surface area contributed by atoms with E-state index in [1.54, 1.807) is 12.1 Å². The number of phenolic OH excluding ortho intramolecular Hbond substituents is 3. The molecule has 0 radical (unpaired) electrons. The van der Waals surface area contributed by atoms with E-state index in [0.29, 0.717) is 103 Å². The summed E-state index contributed by atoms with van der Waals surface area (Å²) in [5, 5.41) is 52.3. The molecule has 0 saturated carbocycles. The van der Waals surface area contributed by atoms with Gasteiger partial charge in [-0.05, 0) is 67.9 Å². The Morgan fingerprint density at radius 1 is 0.814 bits per heavy atom. The Kier molecular flexibility index (Phi) is 8.22. The molecule has 2 fully saturated rings. The van der Waals surface area contributed by atoms with Crippen molar-refractivity contribution in [3.63, 3.8) is 0 Å². The number of carbonyl (C=O) groups excluding carboxylic acids is 2. The smallest absolute Gasteiger partial charge is 0.335 e. The van der Waals surface area contributed by atoms with E-state index in [0.717, 1.165) is 5.56 Å². The minimum atomic E-state index is -0.828. The van der Waals surface area contributed by atoms with Crippen LogP contribution in [0.1, 0.15) is 56.6 Å². The number of carbonyl (C=O) groups is 2. The van der Waals surface area contributed by atoms with Crippen LogP contribution in [0.15, 0.2) is 59.0 Å². The zero-order valence-corrected chi connectivity index (χ0v) is 33.8. The van der Waals surface area contributed by atoms with E-state index >= 15 is 0 Å². The van der Waals surface area contributed by atoms with Crippen LogP contribution >= 0.6 is 0 Å². The van der Waals surface area contributed by atoms with E-state index in [1.807, 2.05) is 6.08 Å². The Morgan fingerprint density at radius 2 is 1.46 bits per heavy atom. The van der Waals surface area contributed by atoms with E-state index < -0.39 is 45.6 Å². The summed E-state index contributed by atoms with van der Waals surface area (Å²) in [6.45, 7) is 3.96. The number of aliphatic hydroxyl groups excluding tert-OH is 1. The van der Waals surface area contributed by atoms with Crippen LogP contribution in [-0.4, -0.2) is 115 Å². The highest BCUT2D eigenvalue weighted by molar-refractivity contribution is 5.96. The Hall–Kier alpha value is -5.38. The first kappa shape index (κ1) is 37.9.